The van der Waals surface area contributed by atoms with E-state index in [-0.39, 0.29) is 6.10 Å². The number of aliphatic hydroxyl groups is 1. The van der Waals surface area contributed by atoms with Crippen molar-refractivity contribution in [3.05, 3.63) is 22.7 Å². The number of benzene rings is 1. The number of halogens is 1. The Morgan fingerprint density at radius 1 is 1.31 bits per heavy atom. The minimum Gasteiger partial charge on any atom is -0.493 e. The van der Waals surface area contributed by atoms with Crippen LogP contribution in [0.25, 0.3) is 0 Å². The van der Waals surface area contributed by atoms with Gasteiger partial charge in [0.25, 0.3) is 0 Å². The molecule has 0 aliphatic carbocycles. The van der Waals surface area contributed by atoms with Crippen molar-refractivity contribution in [2.75, 3.05) is 14.2 Å². The van der Waals surface area contributed by atoms with Gasteiger partial charge in [0.15, 0.2) is 11.5 Å². The minimum atomic E-state index is -0.353. The van der Waals surface area contributed by atoms with Gasteiger partial charge in [-0.2, -0.15) is 0 Å². The fourth-order valence-electron chi connectivity index (χ4n) is 1.51. The molecule has 0 aliphatic heterocycles. The molecular weight excluding hydrogens is 228 g/mol. The van der Waals surface area contributed by atoms with Crippen molar-refractivity contribution in [1.82, 2.24) is 0 Å². The molecule has 4 heteroatoms. The quantitative estimate of drug-likeness (QED) is 0.866. The molecule has 0 bridgehead atoms. The summed E-state index contributed by atoms with van der Waals surface area (Å²) in [5, 5.41) is 10.1. The molecule has 0 saturated carbocycles. The Morgan fingerprint density at radius 3 is 2.50 bits per heavy atom. The van der Waals surface area contributed by atoms with Gasteiger partial charge in [-0.1, -0.05) is 18.5 Å². The van der Waals surface area contributed by atoms with E-state index in [1.165, 1.54) is 0 Å². The highest BCUT2D eigenvalue weighted by Crippen LogP contribution is 2.36. The third-order valence-electron chi connectivity index (χ3n) is 2.44. The SMILES string of the molecule is CCC(O)Cc1cc(Cl)c(OC)c(OC)c1. The van der Waals surface area contributed by atoms with Crippen LogP contribution in [0.15, 0.2) is 12.1 Å². The van der Waals surface area contributed by atoms with Crippen LogP contribution in [0.3, 0.4) is 0 Å². The van der Waals surface area contributed by atoms with Gasteiger partial charge < -0.3 is 14.6 Å². The Morgan fingerprint density at radius 2 is 2.00 bits per heavy atom. The van der Waals surface area contributed by atoms with Crippen molar-refractivity contribution in [3.63, 3.8) is 0 Å². The van der Waals surface area contributed by atoms with Crippen LogP contribution in [0, 0.1) is 0 Å². The fraction of sp³-hybridized carbons (Fsp3) is 0.500. The molecule has 0 heterocycles. The molecule has 0 amide bonds. The van der Waals surface area contributed by atoms with Crippen LogP contribution in [-0.2, 0) is 6.42 Å². The average molecular weight is 245 g/mol. The lowest BCUT2D eigenvalue weighted by Crippen LogP contribution is -2.08. The highest BCUT2D eigenvalue weighted by Gasteiger charge is 2.12. The summed E-state index contributed by atoms with van der Waals surface area (Å²) in [6, 6.07) is 3.63. The Bertz CT molecular complexity index is 352. The third kappa shape index (κ3) is 3.03. The highest BCUT2D eigenvalue weighted by atomic mass is 35.5. The number of ether oxygens (including phenoxy) is 2. The lowest BCUT2D eigenvalue weighted by molar-refractivity contribution is 0.170. The Labute approximate surface area is 101 Å². The number of hydrogen-bond donors (Lipinski definition) is 1. The number of hydrogen-bond acceptors (Lipinski definition) is 3. The normalized spacial score (nSPS) is 12.3. The van der Waals surface area contributed by atoms with Gasteiger partial charge in [0, 0.05) is 0 Å². The van der Waals surface area contributed by atoms with E-state index in [9.17, 15) is 5.11 Å². The van der Waals surface area contributed by atoms with Gasteiger partial charge in [0.05, 0.1) is 25.3 Å². The zero-order chi connectivity index (χ0) is 12.1. The molecule has 0 spiro atoms. The van der Waals surface area contributed by atoms with E-state index in [1.807, 2.05) is 13.0 Å². The molecule has 1 rings (SSSR count). The van der Waals surface area contributed by atoms with E-state index in [4.69, 9.17) is 21.1 Å². The summed E-state index contributed by atoms with van der Waals surface area (Å²) in [4.78, 5) is 0. The maximum Gasteiger partial charge on any atom is 0.179 e. The second-order valence-electron chi connectivity index (χ2n) is 3.58. The van der Waals surface area contributed by atoms with Crippen LogP contribution in [-0.4, -0.2) is 25.4 Å². The fourth-order valence-corrected chi connectivity index (χ4v) is 1.82. The van der Waals surface area contributed by atoms with Crippen LogP contribution in [0.2, 0.25) is 5.02 Å². The van der Waals surface area contributed by atoms with Gasteiger partial charge in [-0.15, -0.1) is 0 Å². The van der Waals surface area contributed by atoms with Crippen LogP contribution in [0.5, 0.6) is 11.5 Å². The van der Waals surface area contributed by atoms with Crippen molar-refractivity contribution in [1.29, 1.82) is 0 Å². The third-order valence-corrected chi connectivity index (χ3v) is 2.72. The molecule has 0 aliphatic rings. The summed E-state index contributed by atoms with van der Waals surface area (Å²) in [6.07, 6.45) is 0.928. The predicted octanol–water partition coefficient (Wildman–Crippen LogP) is 2.67. The molecule has 1 atom stereocenters. The molecule has 1 unspecified atom stereocenters. The monoisotopic (exact) mass is 244 g/mol. The molecular formula is C12H17ClO3. The first kappa shape index (κ1) is 13.1. The maximum absolute atomic E-state index is 9.58. The van der Waals surface area contributed by atoms with E-state index in [1.54, 1.807) is 20.3 Å². The van der Waals surface area contributed by atoms with E-state index >= 15 is 0 Å². The smallest absolute Gasteiger partial charge is 0.179 e. The molecule has 0 aromatic heterocycles. The van der Waals surface area contributed by atoms with Crippen LogP contribution >= 0.6 is 11.6 Å². The molecule has 16 heavy (non-hydrogen) atoms. The van der Waals surface area contributed by atoms with E-state index in [2.05, 4.69) is 0 Å². The lowest BCUT2D eigenvalue weighted by Gasteiger charge is -2.13. The molecule has 90 valence electrons. The van der Waals surface area contributed by atoms with Crippen LogP contribution in [0.4, 0.5) is 0 Å². The second kappa shape index (κ2) is 5.97. The maximum atomic E-state index is 9.58. The Kier molecular flexibility index (Phi) is 4.90. The van der Waals surface area contributed by atoms with Crippen molar-refractivity contribution < 1.29 is 14.6 Å². The van der Waals surface area contributed by atoms with Crippen molar-refractivity contribution in [2.45, 2.75) is 25.9 Å². The number of aliphatic hydroxyl groups excluding tert-OH is 1. The summed E-state index contributed by atoms with van der Waals surface area (Å²) in [5.74, 6) is 1.12. The van der Waals surface area contributed by atoms with Crippen molar-refractivity contribution >= 4 is 11.6 Å². The van der Waals surface area contributed by atoms with E-state index < -0.39 is 0 Å². The van der Waals surface area contributed by atoms with Gasteiger partial charge in [0.1, 0.15) is 0 Å². The van der Waals surface area contributed by atoms with E-state index in [0.29, 0.717) is 29.4 Å². The average Bonchev–Trinajstić information content (AvgIpc) is 2.28. The number of rotatable bonds is 5. The molecule has 1 aromatic rings. The van der Waals surface area contributed by atoms with Crippen LogP contribution in [0.1, 0.15) is 18.9 Å². The zero-order valence-corrected chi connectivity index (χ0v) is 10.5. The van der Waals surface area contributed by atoms with Crippen LogP contribution < -0.4 is 9.47 Å². The topological polar surface area (TPSA) is 38.7 Å². The van der Waals surface area contributed by atoms with Gasteiger partial charge in [-0.25, -0.2) is 0 Å². The number of methoxy groups -OCH3 is 2. The zero-order valence-electron chi connectivity index (χ0n) is 9.79. The summed E-state index contributed by atoms with van der Waals surface area (Å²) in [7, 11) is 3.11. The van der Waals surface area contributed by atoms with E-state index in [0.717, 1.165) is 5.56 Å². The first-order valence-corrected chi connectivity index (χ1v) is 5.58. The Balaban J connectivity index is 3.00. The van der Waals surface area contributed by atoms with Gasteiger partial charge in [0.2, 0.25) is 0 Å². The summed E-state index contributed by atoms with van der Waals surface area (Å²) in [6.45, 7) is 1.94. The Hall–Kier alpha value is -0.930. The first-order chi connectivity index (χ1) is 7.62. The highest BCUT2D eigenvalue weighted by molar-refractivity contribution is 6.32. The minimum absolute atomic E-state index is 0.353. The predicted molar refractivity (Wildman–Crippen MR) is 64.6 cm³/mol. The van der Waals surface area contributed by atoms with Crippen molar-refractivity contribution in [2.24, 2.45) is 0 Å². The van der Waals surface area contributed by atoms with Crippen molar-refractivity contribution in [3.8, 4) is 11.5 Å². The molecule has 0 radical (unpaired) electrons. The molecule has 3 nitrogen and oxygen atoms in total. The second-order valence-corrected chi connectivity index (χ2v) is 3.99. The van der Waals surface area contributed by atoms with Gasteiger partial charge in [-0.05, 0) is 30.5 Å². The lowest BCUT2D eigenvalue weighted by atomic mass is 10.1. The summed E-state index contributed by atoms with van der Waals surface area (Å²) in [5.41, 5.74) is 0.942. The molecule has 1 aromatic carbocycles. The standard InChI is InChI=1S/C12H17ClO3/c1-4-9(14)5-8-6-10(13)12(16-3)11(7-8)15-2/h6-7,9,14H,4-5H2,1-3H3. The largest absolute Gasteiger partial charge is 0.493 e. The summed E-state index contributed by atoms with van der Waals surface area (Å²) >= 11 is 6.05. The molecule has 0 saturated heterocycles. The van der Waals surface area contributed by atoms with Gasteiger partial charge >= 0.3 is 0 Å². The molecule has 1 N–H and O–H groups in total. The molecule has 0 fully saturated rings. The van der Waals surface area contributed by atoms with Gasteiger partial charge in [-0.3, -0.25) is 0 Å². The first-order valence-electron chi connectivity index (χ1n) is 5.20. The summed E-state index contributed by atoms with van der Waals surface area (Å²) < 4.78 is 10.3.